The first kappa shape index (κ1) is 16.3. The molecule has 4 nitrogen and oxygen atoms in total. The molecule has 1 aliphatic carbocycles. The van der Waals surface area contributed by atoms with Gasteiger partial charge in [0.15, 0.2) is 5.78 Å². The maximum Gasteiger partial charge on any atom is 0.170 e. The molecule has 0 amide bonds. The molecule has 0 bridgehead atoms. The maximum atomic E-state index is 12.6. The summed E-state index contributed by atoms with van der Waals surface area (Å²) in [4.78, 5) is 19.8. The zero-order chi connectivity index (χ0) is 17.4. The number of hydrogen-bond acceptors (Lipinski definition) is 4. The number of Topliss-reactive ketones (excluding diaryl/α,β-unsaturated/α-hetero) is 1. The molecule has 0 atom stereocenters. The molecule has 0 radical (unpaired) electrons. The highest BCUT2D eigenvalue weighted by Gasteiger charge is 2.34. The summed E-state index contributed by atoms with van der Waals surface area (Å²) in [7, 11) is 0. The molecule has 1 aromatic heterocycles. The largest absolute Gasteiger partial charge is 0.378 e. The number of ketones is 1. The molecule has 0 saturated carbocycles. The lowest BCUT2D eigenvalue weighted by Gasteiger charge is -2.30. The fourth-order valence-corrected chi connectivity index (χ4v) is 3.65. The SMILES string of the molecule is CC1(C)CCc2nc(-c3cccc(N4CCOCC4)c3)ccc2C1=O. The summed E-state index contributed by atoms with van der Waals surface area (Å²) in [6, 6.07) is 12.4. The molecular weight excluding hydrogens is 312 g/mol. The molecule has 25 heavy (non-hydrogen) atoms. The summed E-state index contributed by atoms with van der Waals surface area (Å²) in [5, 5.41) is 0. The van der Waals surface area contributed by atoms with Crippen molar-refractivity contribution in [2.45, 2.75) is 26.7 Å². The molecule has 4 heteroatoms. The molecule has 0 unspecified atom stereocenters. The van der Waals surface area contributed by atoms with Crippen LogP contribution in [-0.2, 0) is 11.2 Å². The van der Waals surface area contributed by atoms with Crippen molar-refractivity contribution in [1.29, 1.82) is 0 Å². The summed E-state index contributed by atoms with van der Waals surface area (Å²) in [5.41, 5.74) is 4.72. The molecule has 0 spiro atoms. The van der Waals surface area contributed by atoms with Gasteiger partial charge in [-0.05, 0) is 37.1 Å². The van der Waals surface area contributed by atoms with Gasteiger partial charge >= 0.3 is 0 Å². The van der Waals surface area contributed by atoms with Crippen molar-refractivity contribution in [1.82, 2.24) is 4.98 Å². The zero-order valence-corrected chi connectivity index (χ0v) is 14.9. The number of aryl methyl sites for hydroxylation is 1. The minimum absolute atomic E-state index is 0.217. The average molecular weight is 336 g/mol. The number of anilines is 1. The van der Waals surface area contributed by atoms with Crippen molar-refractivity contribution < 1.29 is 9.53 Å². The molecule has 2 heterocycles. The summed E-state index contributed by atoms with van der Waals surface area (Å²) < 4.78 is 5.44. The van der Waals surface area contributed by atoms with E-state index in [1.807, 2.05) is 26.0 Å². The number of benzene rings is 1. The number of aromatic nitrogens is 1. The standard InChI is InChI=1S/C21H24N2O2/c1-21(2)9-8-19-17(20(21)24)6-7-18(22-19)15-4-3-5-16(14-15)23-10-12-25-13-11-23/h3-7,14H,8-13H2,1-2H3. The lowest BCUT2D eigenvalue weighted by molar-refractivity contribution is 0.0809. The van der Waals surface area contributed by atoms with Gasteiger partial charge in [0.25, 0.3) is 0 Å². The lowest BCUT2D eigenvalue weighted by Crippen LogP contribution is -2.36. The minimum Gasteiger partial charge on any atom is -0.378 e. The van der Waals surface area contributed by atoms with Crippen molar-refractivity contribution in [2.75, 3.05) is 31.2 Å². The monoisotopic (exact) mass is 336 g/mol. The van der Waals surface area contributed by atoms with Crippen molar-refractivity contribution in [3.8, 4) is 11.3 Å². The van der Waals surface area contributed by atoms with Gasteiger partial charge in [-0.3, -0.25) is 9.78 Å². The van der Waals surface area contributed by atoms with Gasteiger partial charge in [-0.1, -0.05) is 26.0 Å². The topological polar surface area (TPSA) is 42.4 Å². The van der Waals surface area contributed by atoms with Crippen LogP contribution in [0.1, 0.15) is 36.3 Å². The summed E-state index contributed by atoms with van der Waals surface area (Å²) in [6.07, 6.45) is 1.73. The summed E-state index contributed by atoms with van der Waals surface area (Å²) in [6.45, 7) is 7.45. The summed E-state index contributed by atoms with van der Waals surface area (Å²) in [5.74, 6) is 0.217. The Morgan fingerprint density at radius 3 is 2.72 bits per heavy atom. The van der Waals surface area contributed by atoms with E-state index in [9.17, 15) is 4.79 Å². The second kappa shape index (κ2) is 6.26. The van der Waals surface area contributed by atoms with Gasteiger partial charge in [-0.25, -0.2) is 0 Å². The van der Waals surface area contributed by atoms with Gasteiger partial charge < -0.3 is 9.64 Å². The van der Waals surface area contributed by atoms with Crippen LogP contribution < -0.4 is 4.90 Å². The number of morpholine rings is 1. The van der Waals surface area contributed by atoms with Gasteiger partial charge in [0.1, 0.15) is 0 Å². The van der Waals surface area contributed by atoms with E-state index in [-0.39, 0.29) is 11.2 Å². The number of hydrogen-bond donors (Lipinski definition) is 0. The Hall–Kier alpha value is -2.20. The molecular formula is C21H24N2O2. The van der Waals surface area contributed by atoms with E-state index in [0.29, 0.717) is 0 Å². The summed E-state index contributed by atoms with van der Waals surface area (Å²) >= 11 is 0. The normalized spacial score (nSPS) is 19.6. The maximum absolute atomic E-state index is 12.6. The predicted molar refractivity (Wildman–Crippen MR) is 99.1 cm³/mol. The Kier molecular flexibility index (Phi) is 4.08. The van der Waals surface area contributed by atoms with Crippen LogP contribution in [0.4, 0.5) is 5.69 Å². The van der Waals surface area contributed by atoms with Crippen LogP contribution in [0.3, 0.4) is 0 Å². The predicted octanol–water partition coefficient (Wildman–Crippen LogP) is 3.74. The van der Waals surface area contributed by atoms with Crippen LogP contribution in [0.5, 0.6) is 0 Å². The van der Waals surface area contributed by atoms with Crippen molar-refractivity contribution >= 4 is 11.5 Å². The van der Waals surface area contributed by atoms with E-state index in [1.165, 1.54) is 5.69 Å². The minimum atomic E-state index is -0.271. The highest BCUT2D eigenvalue weighted by atomic mass is 16.5. The van der Waals surface area contributed by atoms with Crippen LogP contribution in [0.15, 0.2) is 36.4 Å². The Bertz CT molecular complexity index is 807. The van der Waals surface area contributed by atoms with Crippen LogP contribution in [0.2, 0.25) is 0 Å². The van der Waals surface area contributed by atoms with Gasteiger partial charge in [-0.15, -0.1) is 0 Å². The third-order valence-corrected chi connectivity index (χ3v) is 5.34. The zero-order valence-electron chi connectivity index (χ0n) is 14.9. The average Bonchev–Trinajstić information content (AvgIpc) is 2.66. The fourth-order valence-electron chi connectivity index (χ4n) is 3.65. The first-order chi connectivity index (χ1) is 12.0. The highest BCUT2D eigenvalue weighted by molar-refractivity contribution is 6.02. The van der Waals surface area contributed by atoms with E-state index in [4.69, 9.17) is 9.72 Å². The van der Waals surface area contributed by atoms with Crippen molar-refractivity contribution in [3.63, 3.8) is 0 Å². The van der Waals surface area contributed by atoms with Gasteiger partial charge in [-0.2, -0.15) is 0 Å². The van der Waals surface area contributed by atoms with E-state index >= 15 is 0 Å². The van der Waals surface area contributed by atoms with Crippen LogP contribution in [0.25, 0.3) is 11.3 Å². The Morgan fingerprint density at radius 2 is 1.92 bits per heavy atom. The molecule has 0 N–H and O–H groups in total. The second-order valence-corrected chi connectivity index (χ2v) is 7.55. The van der Waals surface area contributed by atoms with E-state index in [1.54, 1.807) is 0 Å². The third-order valence-electron chi connectivity index (χ3n) is 5.34. The van der Waals surface area contributed by atoms with Crippen LogP contribution in [0, 0.1) is 5.41 Å². The lowest BCUT2D eigenvalue weighted by atomic mass is 9.75. The van der Waals surface area contributed by atoms with Gasteiger partial charge in [0.2, 0.25) is 0 Å². The second-order valence-electron chi connectivity index (χ2n) is 7.55. The number of nitrogens with zero attached hydrogens (tertiary/aromatic N) is 2. The number of fused-ring (bicyclic) bond motifs is 1. The highest BCUT2D eigenvalue weighted by Crippen LogP contribution is 2.35. The first-order valence-electron chi connectivity index (χ1n) is 9.02. The van der Waals surface area contributed by atoms with Crippen LogP contribution in [-0.4, -0.2) is 37.1 Å². The molecule has 1 fully saturated rings. The Labute approximate surface area is 148 Å². The van der Waals surface area contributed by atoms with E-state index in [0.717, 1.165) is 61.7 Å². The number of pyridine rings is 1. The molecule has 130 valence electrons. The van der Waals surface area contributed by atoms with Crippen molar-refractivity contribution in [3.05, 3.63) is 47.7 Å². The fraction of sp³-hybridized carbons (Fsp3) is 0.429. The molecule has 1 saturated heterocycles. The number of rotatable bonds is 2. The smallest absolute Gasteiger partial charge is 0.170 e. The van der Waals surface area contributed by atoms with E-state index in [2.05, 4.69) is 29.2 Å². The molecule has 1 aliphatic heterocycles. The van der Waals surface area contributed by atoms with Crippen LogP contribution >= 0.6 is 0 Å². The molecule has 2 aliphatic rings. The molecule has 2 aromatic rings. The number of carbonyl (C=O) groups is 1. The van der Waals surface area contributed by atoms with Gasteiger partial charge in [0.05, 0.1) is 24.6 Å². The number of carbonyl (C=O) groups excluding carboxylic acids is 1. The van der Waals surface area contributed by atoms with Gasteiger partial charge in [0, 0.05) is 35.3 Å². The Balaban J connectivity index is 1.66. The first-order valence-corrected chi connectivity index (χ1v) is 9.02. The number of ether oxygens (including phenoxy) is 1. The molecule has 1 aromatic carbocycles. The quantitative estimate of drug-likeness (QED) is 0.838. The Morgan fingerprint density at radius 1 is 1.12 bits per heavy atom. The van der Waals surface area contributed by atoms with E-state index < -0.39 is 0 Å². The molecule has 4 rings (SSSR count). The van der Waals surface area contributed by atoms with Crippen molar-refractivity contribution in [2.24, 2.45) is 5.41 Å². The third kappa shape index (κ3) is 3.07.